The third-order valence-electron chi connectivity index (χ3n) is 11.3. The number of Topliss-reactive ketones (excluding diaryl/α,β-unsaturated/α-hetero) is 2. The molecule has 0 aromatic rings. The average Bonchev–Trinajstić information content (AvgIpc) is 3.19. The highest BCUT2D eigenvalue weighted by molar-refractivity contribution is 6.02. The third-order valence-corrected chi connectivity index (χ3v) is 11.3. The van der Waals surface area contributed by atoms with E-state index in [0.717, 1.165) is 48.2 Å². The van der Waals surface area contributed by atoms with E-state index in [2.05, 4.69) is 103 Å². The molecular formula is C56H86N2O6. The van der Waals surface area contributed by atoms with Crippen LogP contribution in [0.1, 0.15) is 135 Å². The number of carbonyl (C=O) groups excluding carboxylic acids is 4. The standard InChI is InChI=1S/C21H33NO3.C19H26.C16H27NO3/c1-8-15(2)11-12-17-16(3)20(24)18(14-21(17,4)5)25-19(23)10-9-13-22(6)7;1-6-11-17(3)13-8-9-14-19(5)16-10-15-18(4)12-7-2;1-11-12(2)16(3,4)10-13(15(11)19)20-14(18)8-7-9-17(5)6/h8,11-12,18H,9-10,13-14H2,1-7H3;6-16H,1-5H3;13H,7-10H2,1-6H3/b12-11+,15-8+;9-8+,11-6+,12-7+,16-10+,17-13+,18-15+,19-14+;. The number of ketones is 2. The molecule has 2 aliphatic rings. The van der Waals surface area contributed by atoms with Gasteiger partial charge in [-0.05, 0) is 151 Å². The monoisotopic (exact) mass is 883 g/mol. The molecule has 2 unspecified atom stereocenters. The van der Waals surface area contributed by atoms with Crippen LogP contribution in [0.4, 0.5) is 0 Å². The predicted octanol–water partition coefficient (Wildman–Crippen LogP) is 12.7. The molecule has 8 heteroatoms. The van der Waals surface area contributed by atoms with E-state index >= 15 is 0 Å². The van der Waals surface area contributed by atoms with Gasteiger partial charge in [-0.25, -0.2) is 0 Å². The van der Waals surface area contributed by atoms with Gasteiger partial charge < -0.3 is 19.3 Å². The Balaban J connectivity index is 0.000000942. The third kappa shape index (κ3) is 23.9. The van der Waals surface area contributed by atoms with Gasteiger partial charge in [-0.3, -0.25) is 19.2 Å². The molecule has 0 aromatic heterocycles. The first-order chi connectivity index (χ1) is 29.8. The van der Waals surface area contributed by atoms with Crippen LogP contribution in [0.25, 0.3) is 0 Å². The van der Waals surface area contributed by atoms with Crippen LogP contribution in [0.3, 0.4) is 0 Å². The summed E-state index contributed by atoms with van der Waals surface area (Å²) in [5.74, 6) is -0.665. The predicted molar refractivity (Wildman–Crippen MR) is 271 cm³/mol. The zero-order valence-electron chi connectivity index (χ0n) is 43.2. The van der Waals surface area contributed by atoms with Crippen molar-refractivity contribution >= 4 is 23.5 Å². The fourth-order valence-corrected chi connectivity index (χ4v) is 7.02. The van der Waals surface area contributed by atoms with Gasteiger partial charge in [0.1, 0.15) is 0 Å². The Morgan fingerprint density at radius 1 is 0.594 bits per heavy atom. The van der Waals surface area contributed by atoms with Gasteiger partial charge in [0, 0.05) is 25.7 Å². The van der Waals surface area contributed by atoms with E-state index in [0.29, 0.717) is 31.3 Å². The van der Waals surface area contributed by atoms with Crippen molar-refractivity contribution in [2.45, 2.75) is 148 Å². The molecule has 2 aliphatic carbocycles. The molecule has 0 aliphatic heterocycles. The Bertz CT molecular complexity index is 1900. The zero-order chi connectivity index (χ0) is 49.2. The van der Waals surface area contributed by atoms with Gasteiger partial charge in [0.15, 0.2) is 23.8 Å². The van der Waals surface area contributed by atoms with Crippen LogP contribution in [-0.4, -0.2) is 86.8 Å². The van der Waals surface area contributed by atoms with Crippen LogP contribution < -0.4 is 0 Å². The minimum Gasteiger partial charge on any atom is -0.454 e. The lowest BCUT2D eigenvalue weighted by Crippen LogP contribution is -2.39. The fourth-order valence-electron chi connectivity index (χ4n) is 7.02. The van der Waals surface area contributed by atoms with E-state index in [9.17, 15) is 19.2 Å². The number of carbonyl (C=O) groups is 4. The lowest BCUT2D eigenvalue weighted by atomic mass is 9.71. The molecule has 0 spiro atoms. The summed E-state index contributed by atoms with van der Waals surface area (Å²) in [4.78, 5) is 52.8. The molecule has 0 fully saturated rings. The first-order valence-electron chi connectivity index (χ1n) is 22.9. The Morgan fingerprint density at radius 3 is 1.42 bits per heavy atom. The zero-order valence-corrected chi connectivity index (χ0v) is 43.2. The van der Waals surface area contributed by atoms with Gasteiger partial charge in [0.2, 0.25) is 0 Å². The molecule has 0 N–H and O–H groups in total. The van der Waals surface area contributed by atoms with Crippen LogP contribution in [0.2, 0.25) is 0 Å². The van der Waals surface area contributed by atoms with E-state index in [1.54, 1.807) is 0 Å². The highest BCUT2D eigenvalue weighted by Gasteiger charge is 2.40. The molecule has 0 radical (unpaired) electrons. The smallest absolute Gasteiger partial charge is 0.306 e. The highest BCUT2D eigenvalue weighted by Crippen LogP contribution is 2.41. The minimum atomic E-state index is -0.665. The maximum absolute atomic E-state index is 12.7. The average molecular weight is 883 g/mol. The van der Waals surface area contributed by atoms with Gasteiger partial charge in [0.25, 0.3) is 0 Å². The Labute approximate surface area is 390 Å². The molecule has 0 heterocycles. The van der Waals surface area contributed by atoms with Crippen molar-refractivity contribution in [3.05, 3.63) is 130 Å². The number of allylic oxidation sites excluding steroid dienone is 20. The summed E-state index contributed by atoms with van der Waals surface area (Å²) in [6, 6.07) is 0. The van der Waals surface area contributed by atoms with E-state index in [1.165, 1.54) is 16.7 Å². The van der Waals surface area contributed by atoms with Crippen LogP contribution in [0.5, 0.6) is 0 Å². The first kappa shape index (κ1) is 59.3. The highest BCUT2D eigenvalue weighted by atomic mass is 16.6. The van der Waals surface area contributed by atoms with Crippen LogP contribution in [-0.2, 0) is 28.7 Å². The van der Waals surface area contributed by atoms with E-state index in [-0.39, 0.29) is 34.3 Å². The van der Waals surface area contributed by atoms with Crippen LogP contribution in [0, 0.1) is 10.8 Å². The van der Waals surface area contributed by atoms with Crippen molar-refractivity contribution in [1.29, 1.82) is 0 Å². The number of hydrogen-bond donors (Lipinski definition) is 0. The Kier molecular flexibility index (Phi) is 28.3. The summed E-state index contributed by atoms with van der Waals surface area (Å²) in [5, 5.41) is 0. The van der Waals surface area contributed by atoms with Gasteiger partial charge in [-0.2, -0.15) is 0 Å². The van der Waals surface area contributed by atoms with E-state index in [4.69, 9.17) is 9.47 Å². The number of esters is 2. The number of nitrogens with zero attached hydrogens (tertiary/aromatic N) is 2. The second-order valence-electron chi connectivity index (χ2n) is 18.8. The maximum atomic E-state index is 12.7. The summed E-state index contributed by atoms with van der Waals surface area (Å²) < 4.78 is 10.9. The summed E-state index contributed by atoms with van der Waals surface area (Å²) in [5.41, 5.74) is 8.16. The van der Waals surface area contributed by atoms with Gasteiger partial charge >= 0.3 is 11.9 Å². The second kappa shape index (κ2) is 30.5. The first-order valence-corrected chi connectivity index (χ1v) is 22.9. The quantitative estimate of drug-likeness (QED) is 0.0993. The van der Waals surface area contributed by atoms with E-state index in [1.807, 2.05) is 117 Å². The number of hydrogen-bond acceptors (Lipinski definition) is 8. The molecule has 0 bridgehead atoms. The summed E-state index contributed by atoms with van der Waals surface area (Å²) in [6.45, 7) is 30.1. The molecule has 0 aromatic carbocycles. The lowest BCUT2D eigenvalue weighted by molar-refractivity contribution is -0.156. The molecule has 64 heavy (non-hydrogen) atoms. The minimum absolute atomic E-state index is 0.0391. The van der Waals surface area contributed by atoms with Crippen molar-refractivity contribution in [1.82, 2.24) is 9.80 Å². The Hall–Kier alpha value is -4.66. The summed E-state index contributed by atoms with van der Waals surface area (Å²) in [7, 11) is 7.87. The van der Waals surface area contributed by atoms with Gasteiger partial charge in [-0.15, -0.1) is 0 Å². The lowest BCUT2D eigenvalue weighted by Gasteiger charge is -2.36. The second-order valence-corrected chi connectivity index (χ2v) is 18.8. The largest absolute Gasteiger partial charge is 0.454 e. The molecule has 2 rings (SSSR count). The van der Waals surface area contributed by atoms with Gasteiger partial charge in [-0.1, -0.05) is 141 Å². The maximum Gasteiger partial charge on any atom is 0.306 e. The van der Waals surface area contributed by atoms with Crippen LogP contribution >= 0.6 is 0 Å². The van der Waals surface area contributed by atoms with E-state index < -0.39 is 12.2 Å². The molecular weight excluding hydrogens is 797 g/mol. The van der Waals surface area contributed by atoms with Crippen molar-refractivity contribution in [3.8, 4) is 0 Å². The van der Waals surface area contributed by atoms with Crippen molar-refractivity contribution < 1.29 is 28.7 Å². The summed E-state index contributed by atoms with van der Waals surface area (Å²) >= 11 is 0. The van der Waals surface area contributed by atoms with Crippen molar-refractivity contribution in [3.63, 3.8) is 0 Å². The molecule has 0 saturated heterocycles. The van der Waals surface area contributed by atoms with Crippen molar-refractivity contribution in [2.75, 3.05) is 41.3 Å². The Morgan fingerprint density at radius 2 is 1.00 bits per heavy atom. The van der Waals surface area contributed by atoms with Crippen LogP contribution in [0.15, 0.2) is 130 Å². The molecule has 2 atom stereocenters. The molecule has 0 saturated carbocycles. The fraction of sp³-hybridized carbons (Fsp3) is 0.536. The number of rotatable bonds is 18. The topological polar surface area (TPSA) is 93.2 Å². The van der Waals surface area contributed by atoms with Crippen molar-refractivity contribution in [2.24, 2.45) is 10.8 Å². The van der Waals surface area contributed by atoms with Gasteiger partial charge in [0.05, 0.1) is 0 Å². The molecule has 0 amide bonds. The molecule has 356 valence electrons. The SMILES string of the molecule is C/C=C(C)/C=C/C1=C(C)C(=O)C(OC(=O)CCCN(C)C)CC1(C)C.C/C=C/C(C)=C/C=C/C=C(C)/C=C/C=C(C)/C=C/C.CC1=C(C)C(C)(C)CC(OC(=O)CCCN(C)C)C1=O. The number of ether oxygens (including phenoxy) is 2. The normalized spacial score (nSPS) is 20.0. The summed E-state index contributed by atoms with van der Waals surface area (Å²) in [6.07, 6.45) is 31.0. The molecule has 8 nitrogen and oxygen atoms in total.